The van der Waals surface area contributed by atoms with E-state index in [0.29, 0.717) is 18.2 Å². The Labute approximate surface area is 121 Å². The van der Waals surface area contributed by atoms with Gasteiger partial charge in [0.15, 0.2) is 0 Å². The average molecular weight is 303 g/mol. The van der Waals surface area contributed by atoms with Crippen LogP contribution in [-0.2, 0) is 9.53 Å². The van der Waals surface area contributed by atoms with Crippen LogP contribution in [0.4, 0.5) is 4.79 Å². The van der Waals surface area contributed by atoms with Crippen LogP contribution in [0.15, 0.2) is 29.2 Å². The van der Waals surface area contributed by atoms with Crippen LogP contribution in [0.1, 0.15) is 0 Å². The maximum Gasteiger partial charge on any atom is 0.321 e. The molecule has 0 spiro atoms. The first kappa shape index (κ1) is 15.8. The molecule has 1 rings (SSSR count). The second kappa shape index (κ2) is 8.79. The number of hydrogen-bond donors (Lipinski definition) is 2. The Morgan fingerprint density at radius 3 is 2.79 bits per heavy atom. The smallest absolute Gasteiger partial charge is 0.321 e. The number of thioether (sulfide) groups is 1. The van der Waals surface area contributed by atoms with Crippen molar-refractivity contribution in [3.63, 3.8) is 0 Å². The molecule has 0 atom stereocenters. The zero-order valence-corrected chi connectivity index (χ0v) is 12.0. The van der Waals surface area contributed by atoms with Gasteiger partial charge in [-0.05, 0) is 12.1 Å². The molecule has 0 aliphatic rings. The monoisotopic (exact) mass is 302 g/mol. The summed E-state index contributed by atoms with van der Waals surface area (Å²) in [6.45, 7) is 0.753. The quantitative estimate of drug-likeness (QED) is 0.622. The number of rotatable bonds is 6. The minimum absolute atomic E-state index is 0.126. The van der Waals surface area contributed by atoms with E-state index < -0.39 is 6.03 Å². The summed E-state index contributed by atoms with van der Waals surface area (Å²) in [6.07, 6.45) is 0. The molecule has 1 aromatic carbocycles. The number of methoxy groups -OCH3 is 1. The minimum Gasteiger partial charge on any atom is -0.383 e. The van der Waals surface area contributed by atoms with Crippen molar-refractivity contribution in [3.05, 3.63) is 29.3 Å². The Hall–Kier alpha value is -1.24. The predicted molar refractivity (Wildman–Crippen MR) is 75.6 cm³/mol. The Balaban J connectivity index is 2.28. The standard InChI is InChI=1S/C12H15ClN2O3S/c1-18-7-6-14-12(17)15-11(16)8-19-10-5-3-2-4-9(10)13/h2-5H,6-8H2,1H3,(H2,14,15,16,17). The summed E-state index contributed by atoms with van der Waals surface area (Å²) in [6, 6.07) is 6.69. The summed E-state index contributed by atoms with van der Waals surface area (Å²) in [5, 5.41) is 5.30. The molecule has 0 radical (unpaired) electrons. The molecule has 0 saturated heterocycles. The van der Waals surface area contributed by atoms with Crippen LogP contribution in [0.2, 0.25) is 5.02 Å². The zero-order chi connectivity index (χ0) is 14.1. The number of urea groups is 1. The summed E-state index contributed by atoms with van der Waals surface area (Å²) in [5.74, 6) is -0.249. The van der Waals surface area contributed by atoms with Crippen LogP contribution in [0.5, 0.6) is 0 Å². The molecule has 0 heterocycles. The lowest BCUT2D eigenvalue weighted by Gasteiger charge is -2.06. The summed E-state index contributed by atoms with van der Waals surface area (Å²) in [4.78, 5) is 23.6. The lowest BCUT2D eigenvalue weighted by Crippen LogP contribution is -2.41. The van der Waals surface area contributed by atoms with E-state index in [1.54, 1.807) is 6.07 Å². The number of carbonyl (C=O) groups excluding carboxylic acids is 2. The highest BCUT2D eigenvalue weighted by Gasteiger charge is 2.08. The Morgan fingerprint density at radius 1 is 1.37 bits per heavy atom. The number of imide groups is 1. The highest BCUT2D eigenvalue weighted by atomic mass is 35.5. The molecular formula is C12H15ClN2O3S. The number of nitrogens with one attached hydrogen (secondary N) is 2. The molecule has 0 aliphatic heterocycles. The van der Waals surface area contributed by atoms with Gasteiger partial charge in [0.1, 0.15) is 0 Å². The molecule has 0 fully saturated rings. The van der Waals surface area contributed by atoms with Crippen molar-refractivity contribution in [2.45, 2.75) is 4.90 Å². The van der Waals surface area contributed by atoms with Gasteiger partial charge in [-0.3, -0.25) is 10.1 Å². The predicted octanol–water partition coefficient (Wildman–Crippen LogP) is 1.90. The number of benzene rings is 1. The lowest BCUT2D eigenvalue weighted by molar-refractivity contribution is -0.117. The number of halogens is 1. The normalized spacial score (nSPS) is 10.0. The number of amides is 3. The summed E-state index contributed by atoms with van der Waals surface area (Å²) < 4.78 is 4.77. The molecule has 0 saturated carbocycles. The second-order valence-electron chi connectivity index (χ2n) is 3.52. The van der Waals surface area contributed by atoms with E-state index in [-0.39, 0.29) is 11.7 Å². The maximum absolute atomic E-state index is 11.5. The maximum atomic E-state index is 11.5. The van der Waals surface area contributed by atoms with Crippen LogP contribution in [0.25, 0.3) is 0 Å². The third-order valence-electron chi connectivity index (χ3n) is 2.04. The topological polar surface area (TPSA) is 67.4 Å². The van der Waals surface area contributed by atoms with Gasteiger partial charge in [0.25, 0.3) is 0 Å². The fourth-order valence-electron chi connectivity index (χ4n) is 1.18. The first-order valence-corrected chi connectivity index (χ1v) is 6.93. The van der Waals surface area contributed by atoms with Crippen molar-refractivity contribution in [2.75, 3.05) is 26.0 Å². The van der Waals surface area contributed by atoms with Gasteiger partial charge in [-0.1, -0.05) is 23.7 Å². The molecule has 7 heteroatoms. The summed E-state index contributed by atoms with van der Waals surface area (Å²) >= 11 is 7.23. The number of carbonyl (C=O) groups is 2. The molecule has 3 amide bonds. The van der Waals surface area contributed by atoms with Crippen molar-refractivity contribution >= 4 is 35.3 Å². The first-order chi connectivity index (χ1) is 9.13. The molecule has 5 nitrogen and oxygen atoms in total. The molecule has 19 heavy (non-hydrogen) atoms. The zero-order valence-electron chi connectivity index (χ0n) is 10.4. The highest BCUT2D eigenvalue weighted by molar-refractivity contribution is 8.00. The molecule has 104 valence electrons. The van der Waals surface area contributed by atoms with Gasteiger partial charge in [-0.25, -0.2) is 4.79 Å². The largest absolute Gasteiger partial charge is 0.383 e. The van der Waals surface area contributed by atoms with E-state index in [1.807, 2.05) is 18.2 Å². The molecule has 0 aromatic heterocycles. The molecule has 0 unspecified atom stereocenters. The van der Waals surface area contributed by atoms with E-state index in [9.17, 15) is 9.59 Å². The van der Waals surface area contributed by atoms with Gasteiger partial charge >= 0.3 is 6.03 Å². The summed E-state index contributed by atoms with van der Waals surface area (Å²) in [5.41, 5.74) is 0. The van der Waals surface area contributed by atoms with E-state index in [0.717, 1.165) is 4.90 Å². The van der Waals surface area contributed by atoms with Crippen molar-refractivity contribution in [1.82, 2.24) is 10.6 Å². The van der Waals surface area contributed by atoms with Crippen molar-refractivity contribution in [1.29, 1.82) is 0 Å². The second-order valence-corrected chi connectivity index (χ2v) is 4.94. The first-order valence-electron chi connectivity index (χ1n) is 5.57. The lowest BCUT2D eigenvalue weighted by atomic mass is 10.4. The van der Waals surface area contributed by atoms with Gasteiger partial charge < -0.3 is 10.1 Å². The highest BCUT2D eigenvalue weighted by Crippen LogP contribution is 2.26. The Morgan fingerprint density at radius 2 is 2.11 bits per heavy atom. The number of ether oxygens (including phenoxy) is 1. The van der Waals surface area contributed by atoms with Crippen LogP contribution < -0.4 is 10.6 Å². The van der Waals surface area contributed by atoms with Gasteiger partial charge in [-0.2, -0.15) is 0 Å². The van der Waals surface area contributed by atoms with Crippen LogP contribution in [0, 0.1) is 0 Å². The van der Waals surface area contributed by atoms with Gasteiger partial charge in [0.2, 0.25) is 5.91 Å². The minimum atomic E-state index is -0.526. The van der Waals surface area contributed by atoms with Crippen LogP contribution in [0.3, 0.4) is 0 Å². The number of hydrogen-bond acceptors (Lipinski definition) is 4. The van der Waals surface area contributed by atoms with Gasteiger partial charge in [0, 0.05) is 18.6 Å². The van der Waals surface area contributed by atoms with Crippen molar-refractivity contribution in [3.8, 4) is 0 Å². The molecule has 0 bridgehead atoms. The SMILES string of the molecule is COCCNC(=O)NC(=O)CSc1ccccc1Cl. The van der Waals surface area contributed by atoms with E-state index in [4.69, 9.17) is 16.3 Å². The van der Waals surface area contributed by atoms with Gasteiger partial charge in [-0.15, -0.1) is 11.8 Å². The third-order valence-corrected chi connectivity index (χ3v) is 3.56. The van der Waals surface area contributed by atoms with E-state index in [1.165, 1.54) is 18.9 Å². The fourth-order valence-corrected chi connectivity index (χ4v) is 2.22. The molecule has 0 aliphatic carbocycles. The molecule has 1 aromatic rings. The van der Waals surface area contributed by atoms with Crippen LogP contribution >= 0.6 is 23.4 Å². The van der Waals surface area contributed by atoms with Crippen molar-refractivity contribution < 1.29 is 14.3 Å². The Bertz CT molecular complexity index is 443. The van der Waals surface area contributed by atoms with E-state index in [2.05, 4.69) is 10.6 Å². The van der Waals surface area contributed by atoms with Gasteiger partial charge in [0.05, 0.1) is 17.4 Å². The Kier molecular flexibility index (Phi) is 7.32. The van der Waals surface area contributed by atoms with Crippen LogP contribution in [-0.4, -0.2) is 38.0 Å². The fraction of sp³-hybridized carbons (Fsp3) is 0.333. The van der Waals surface area contributed by atoms with E-state index >= 15 is 0 Å². The van der Waals surface area contributed by atoms with Crippen molar-refractivity contribution in [2.24, 2.45) is 0 Å². The molecular weight excluding hydrogens is 288 g/mol. The average Bonchev–Trinajstić information content (AvgIpc) is 2.38. The third kappa shape index (κ3) is 6.47. The molecule has 2 N–H and O–H groups in total. The summed E-state index contributed by atoms with van der Waals surface area (Å²) in [7, 11) is 1.53.